The Morgan fingerprint density at radius 1 is 1.00 bits per heavy atom. The molecule has 2 aliphatic rings. The first kappa shape index (κ1) is 23.9. The smallest absolute Gasteiger partial charge is 0.321 e. The van der Waals surface area contributed by atoms with Crippen LogP contribution < -0.4 is 20.3 Å². The highest BCUT2D eigenvalue weighted by Crippen LogP contribution is 2.36. The molecule has 11 heteroatoms. The van der Waals surface area contributed by atoms with E-state index >= 15 is 0 Å². The third kappa shape index (κ3) is 4.66. The second-order valence-electron chi connectivity index (χ2n) is 9.01. The molecule has 0 spiro atoms. The molecule has 5 rings (SSSR count). The number of anilines is 2. The van der Waals surface area contributed by atoms with Crippen LogP contribution in [0.3, 0.4) is 0 Å². The monoisotopic (exact) mass is 512 g/mol. The van der Waals surface area contributed by atoms with E-state index in [0.717, 1.165) is 12.1 Å². The molecule has 0 unspecified atom stereocenters. The highest BCUT2D eigenvalue weighted by Gasteiger charge is 2.37. The van der Waals surface area contributed by atoms with Crippen LogP contribution in [0.4, 0.5) is 20.6 Å². The number of ether oxygens (including phenoxy) is 1. The number of nitrogens with one attached hydrogen (secondary N) is 2. The molecule has 2 aromatic carbocycles. The molecule has 2 amide bonds. The zero-order chi connectivity index (χ0) is 25.4. The summed E-state index contributed by atoms with van der Waals surface area (Å²) in [5.41, 5.74) is 0.828. The maximum absolute atomic E-state index is 13.2. The van der Waals surface area contributed by atoms with Gasteiger partial charge < -0.3 is 19.5 Å². The van der Waals surface area contributed by atoms with E-state index in [1.165, 1.54) is 61.7 Å². The quantitative estimate of drug-likeness (QED) is 0.544. The summed E-state index contributed by atoms with van der Waals surface area (Å²) in [7, 11) is -2.47. The number of amides is 2. The SMILES string of the molecule is COc1ccc(S(=O)(=O)Nc2ccc3n(c2=O)C[C@@H]2C[C@@H]3CN(C(=O)Nc3ccc(F)cc3)C2)cc1. The molecular weight excluding hydrogens is 487 g/mol. The third-order valence-electron chi connectivity index (χ3n) is 6.60. The van der Waals surface area contributed by atoms with E-state index in [1.807, 2.05) is 0 Å². The first-order valence-corrected chi connectivity index (χ1v) is 12.9. The van der Waals surface area contributed by atoms with Crippen molar-refractivity contribution in [1.29, 1.82) is 0 Å². The van der Waals surface area contributed by atoms with E-state index in [-0.39, 0.29) is 34.3 Å². The van der Waals surface area contributed by atoms with Gasteiger partial charge in [0.1, 0.15) is 17.3 Å². The number of carbonyl (C=O) groups is 1. The summed E-state index contributed by atoms with van der Waals surface area (Å²) >= 11 is 0. The number of hydrogen-bond donors (Lipinski definition) is 2. The second-order valence-corrected chi connectivity index (χ2v) is 10.7. The van der Waals surface area contributed by atoms with Gasteiger partial charge in [0.05, 0.1) is 12.0 Å². The van der Waals surface area contributed by atoms with Crippen LogP contribution in [-0.2, 0) is 16.6 Å². The molecule has 1 aromatic heterocycles. The lowest BCUT2D eigenvalue weighted by Crippen LogP contribution is -2.50. The number of sulfonamides is 1. The van der Waals surface area contributed by atoms with Crippen LogP contribution in [0.5, 0.6) is 5.75 Å². The minimum Gasteiger partial charge on any atom is -0.497 e. The van der Waals surface area contributed by atoms with Gasteiger partial charge in [-0.3, -0.25) is 9.52 Å². The number of methoxy groups -OCH3 is 1. The Labute approximate surface area is 207 Å². The fourth-order valence-corrected chi connectivity index (χ4v) is 5.94. The van der Waals surface area contributed by atoms with Crippen molar-refractivity contribution in [2.75, 3.05) is 30.2 Å². The van der Waals surface area contributed by atoms with Gasteiger partial charge in [-0.05, 0) is 73.0 Å². The van der Waals surface area contributed by atoms with Crippen molar-refractivity contribution >= 4 is 27.4 Å². The Balaban J connectivity index is 1.34. The first-order chi connectivity index (χ1) is 17.2. The number of halogens is 1. The molecule has 3 aromatic rings. The maximum Gasteiger partial charge on any atom is 0.321 e. The summed E-state index contributed by atoms with van der Waals surface area (Å²) in [6, 6.07) is 14.4. The van der Waals surface area contributed by atoms with Crippen LogP contribution in [0.15, 0.2) is 70.4 Å². The zero-order valence-electron chi connectivity index (χ0n) is 19.5. The van der Waals surface area contributed by atoms with Gasteiger partial charge in [0.15, 0.2) is 0 Å². The Bertz CT molecular complexity index is 1460. The zero-order valence-corrected chi connectivity index (χ0v) is 20.3. The summed E-state index contributed by atoms with van der Waals surface area (Å²) in [6.45, 7) is 1.25. The molecule has 0 saturated carbocycles. The number of benzene rings is 2. The predicted molar refractivity (Wildman–Crippen MR) is 132 cm³/mol. The molecule has 36 heavy (non-hydrogen) atoms. The lowest BCUT2D eigenvalue weighted by molar-refractivity contribution is 0.139. The third-order valence-corrected chi connectivity index (χ3v) is 7.98. The van der Waals surface area contributed by atoms with Crippen LogP contribution in [0.2, 0.25) is 0 Å². The Morgan fingerprint density at radius 2 is 1.72 bits per heavy atom. The average Bonchev–Trinajstić information content (AvgIpc) is 2.87. The lowest BCUT2D eigenvalue weighted by Gasteiger charge is -2.42. The number of nitrogens with zero attached hydrogens (tertiary/aromatic N) is 2. The van der Waals surface area contributed by atoms with Crippen LogP contribution in [0.25, 0.3) is 0 Å². The number of urea groups is 1. The van der Waals surface area contributed by atoms with Gasteiger partial charge in [-0.15, -0.1) is 0 Å². The molecule has 2 N–H and O–H groups in total. The summed E-state index contributed by atoms with van der Waals surface area (Å²) in [5, 5.41) is 2.79. The molecule has 2 aliphatic heterocycles. The van der Waals surface area contributed by atoms with Gasteiger partial charge in [-0.25, -0.2) is 17.6 Å². The van der Waals surface area contributed by atoms with Gasteiger partial charge in [0.2, 0.25) is 0 Å². The topological polar surface area (TPSA) is 110 Å². The summed E-state index contributed by atoms with van der Waals surface area (Å²) < 4.78 is 47.9. The first-order valence-electron chi connectivity index (χ1n) is 11.5. The van der Waals surface area contributed by atoms with E-state index < -0.39 is 15.6 Å². The van der Waals surface area contributed by atoms with Gasteiger partial charge in [-0.2, -0.15) is 0 Å². The van der Waals surface area contributed by atoms with Crippen molar-refractivity contribution in [3.63, 3.8) is 0 Å². The van der Waals surface area contributed by atoms with E-state index in [9.17, 15) is 22.4 Å². The molecule has 2 atom stereocenters. The molecular formula is C25H25FN4O5S. The van der Waals surface area contributed by atoms with Gasteiger partial charge in [0.25, 0.3) is 15.6 Å². The van der Waals surface area contributed by atoms with Crippen molar-refractivity contribution in [2.45, 2.75) is 23.8 Å². The summed E-state index contributed by atoms with van der Waals surface area (Å²) in [5.74, 6) is 0.126. The Hall–Kier alpha value is -3.86. The number of pyridine rings is 1. The Morgan fingerprint density at radius 3 is 2.42 bits per heavy atom. The largest absolute Gasteiger partial charge is 0.497 e. The molecule has 9 nitrogen and oxygen atoms in total. The van der Waals surface area contributed by atoms with Gasteiger partial charge in [0, 0.05) is 36.9 Å². The number of aromatic nitrogens is 1. The second kappa shape index (κ2) is 9.30. The molecule has 2 bridgehead atoms. The van der Waals surface area contributed by atoms with E-state index in [2.05, 4.69) is 10.0 Å². The summed E-state index contributed by atoms with van der Waals surface area (Å²) in [6.07, 6.45) is 0.830. The van der Waals surface area contributed by atoms with Crippen LogP contribution in [-0.4, -0.2) is 44.1 Å². The van der Waals surface area contributed by atoms with Gasteiger partial charge in [-0.1, -0.05) is 0 Å². The number of hydrogen-bond acceptors (Lipinski definition) is 5. The highest BCUT2D eigenvalue weighted by atomic mass is 32.2. The molecule has 0 radical (unpaired) electrons. The fourth-order valence-electron chi connectivity index (χ4n) is 4.88. The van der Waals surface area contributed by atoms with Crippen LogP contribution in [0.1, 0.15) is 18.0 Å². The Kier molecular flexibility index (Phi) is 6.17. The van der Waals surface area contributed by atoms with E-state index in [0.29, 0.717) is 31.1 Å². The minimum absolute atomic E-state index is 0.0186. The van der Waals surface area contributed by atoms with Crippen molar-refractivity contribution in [3.05, 3.63) is 82.5 Å². The molecule has 0 aliphatic carbocycles. The molecule has 188 valence electrons. The normalized spacial score (nSPS) is 18.8. The van der Waals surface area contributed by atoms with Crippen LogP contribution in [0, 0.1) is 11.7 Å². The number of carbonyl (C=O) groups excluding carboxylic acids is 1. The number of rotatable bonds is 5. The molecule has 3 heterocycles. The van der Waals surface area contributed by atoms with E-state index in [4.69, 9.17) is 4.74 Å². The number of likely N-dealkylation sites (tertiary alicyclic amines) is 1. The summed E-state index contributed by atoms with van der Waals surface area (Å²) in [4.78, 5) is 27.8. The van der Waals surface area contributed by atoms with Crippen molar-refractivity contribution in [2.24, 2.45) is 5.92 Å². The molecule has 1 saturated heterocycles. The highest BCUT2D eigenvalue weighted by molar-refractivity contribution is 7.92. The van der Waals surface area contributed by atoms with Crippen molar-refractivity contribution in [3.8, 4) is 5.75 Å². The van der Waals surface area contributed by atoms with Gasteiger partial charge >= 0.3 is 6.03 Å². The lowest BCUT2D eigenvalue weighted by atomic mass is 9.83. The van der Waals surface area contributed by atoms with Crippen molar-refractivity contribution in [1.82, 2.24) is 9.47 Å². The maximum atomic E-state index is 13.2. The number of piperidine rings is 1. The van der Waals surface area contributed by atoms with Crippen LogP contribution >= 0.6 is 0 Å². The molecule has 1 fully saturated rings. The fraction of sp³-hybridized carbons (Fsp3) is 0.280. The standard InChI is InChI=1S/C25H25FN4O5S/c1-35-20-6-8-21(9-7-20)36(33,34)28-22-10-11-23-17-12-16(14-30(23)24(22)31)13-29(15-17)25(32)27-19-4-2-18(26)3-5-19/h2-11,16-17,28H,12-15H2,1H3,(H,27,32)/t16-,17-/m1/s1. The number of fused-ring (bicyclic) bond motifs is 4. The predicted octanol–water partition coefficient (Wildman–Crippen LogP) is 3.45. The van der Waals surface area contributed by atoms with E-state index in [1.54, 1.807) is 15.5 Å². The average molecular weight is 513 g/mol. The minimum atomic E-state index is -3.96. The van der Waals surface area contributed by atoms with Crippen molar-refractivity contribution < 1.29 is 22.3 Å².